The van der Waals surface area contributed by atoms with Gasteiger partial charge < -0.3 is 5.73 Å². The second-order valence-corrected chi connectivity index (χ2v) is 6.22. The van der Waals surface area contributed by atoms with Gasteiger partial charge in [0.25, 0.3) is 0 Å². The highest BCUT2D eigenvalue weighted by Crippen LogP contribution is 2.42. The van der Waals surface area contributed by atoms with Gasteiger partial charge in [0.1, 0.15) is 6.07 Å². The van der Waals surface area contributed by atoms with E-state index in [1.165, 1.54) is 10.4 Å². The lowest BCUT2D eigenvalue weighted by Gasteiger charge is -2.10. The Hall–Kier alpha value is -1.38. The van der Waals surface area contributed by atoms with Gasteiger partial charge in [0.15, 0.2) is 5.13 Å². The number of benzene rings is 1. The summed E-state index contributed by atoms with van der Waals surface area (Å²) >= 11 is 5.02. The van der Waals surface area contributed by atoms with Crippen LogP contribution in [0.5, 0.6) is 0 Å². The van der Waals surface area contributed by atoms with Crippen molar-refractivity contribution in [2.45, 2.75) is 18.8 Å². The van der Waals surface area contributed by atoms with Crippen LogP contribution in [0.3, 0.4) is 0 Å². The smallest absolute Gasteiger partial charge is 0.180 e. The molecular formula is C13H10BrN3S. The molecule has 0 saturated carbocycles. The van der Waals surface area contributed by atoms with Crippen molar-refractivity contribution >= 4 is 32.4 Å². The largest absolute Gasteiger partial charge is 0.375 e. The average molecular weight is 320 g/mol. The van der Waals surface area contributed by atoms with Gasteiger partial charge in [-0.3, -0.25) is 0 Å². The normalized spacial score (nSPS) is 17.4. The molecule has 0 spiro atoms. The van der Waals surface area contributed by atoms with E-state index in [0.29, 0.717) is 16.6 Å². The Balaban J connectivity index is 2.02. The number of hydrogen-bond donors (Lipinski definition) is 1. The first-order chi connectivity index (χ1) is 8.69. The molecule has 1 aromatic heterocycles. The van der Waals surface area contributed by atoms with Crippen molar-refractivity contribution < 1.29 is 0 Å². The quantitative estimate of drug-likeness (QED) is 0.875. The van der Waals surface area contributed by atoms with Crippen molar-refractivity contribution in [3.8, 4) is 6.07 Å². The van der Waals surface area contributed by atoms with Crippen LogP contribution in [-0.2, 0) is 6.42 Å². The summed E-state index contributed by atoms with van der Waals surface area (Å²) in [5.74, 6) is 0.374. The summed E-state index contributed by atoms with van der Waals surface area (Å²) in [4.78, 5) is 5.64. The minimum Gasteiger partial charge on any atom is -0.375 e. The Morgan fingerprint density at radius 2 is 2.33 bits per heavy atom. The van der Waals surface area contributed by atoms with Crippen LogP contribution < -0.4 is 5.73 Å². The Kier molecular flexibility index (Phi) is 2.84. The van der Waals surface area contributed by atoms with Crippen LogP contribution in [0.2, 0.25) is 0 Å². The number of nitrogens with two attached hydrogens (primary N) is 1. The zero-order chi connectivity index (χ0) is 12.7. The zero-order valence-electron chi connectivity index (χ0n) is 9.48. The predicted molar refractivity (Wildman–Crippen MR) is 75.5 cm³/mol. The molecular weight excluding hydrogens is 310 g/mol. The molecule has 1 unspecified atom stereocenters. The molecule has 1 aliphatic carbocycles. The predicted octanol–water partition coefficient (Wildman–Crippen LogP) is 3.44. The molecule has 3 nitrogen and oxygen atoms in total. The Morgan fingerprint density at radius 3 is 3.06 bits per heavy atom. The minimum absolute atomic E-state index is 0.374. The SMILES string of the molecule is N#Cc1ccc(C2CCc3nc(N)sc32)cc1Br. The van der Waals surface area contributed by atoms with Gasteiger partial charge in [0, 0.05) is 15.3 Å². The van der Waals surface area contributed by atoms with Gasteiger partial charge >= 0.3 is 0 Å². The van der Waals surface area contributed by atoms with E-state index >= 15 is 0 Å². The summed E-state index contributed by atoms with van der Waals surface area (Å²) in [6.07, 6.45) is 2.07. The van der Waals surface area contributed by atoms with Crippen LogP contribution >= 0.6 is 27.3 Å². The number of hydrogen-bond acceptors (Lipinski definition) is 4. The second-order valence-electron chi connectivity index (χ2n) is 4.31. The summed E-state index contributed by atoms with van der Waals surface area (Å²) in [6, 6.07) is 8.09. The number of nitriles is 1. The van der Waals surface area contributed by atoms with Gasteiger partial charge in [-0.2, -0.15) is 5.26 Å². The monoisotopic (exact) mass is 319 g/mol. The number of halogens is 1. The van der Waals surface area contributed by atoms with Gasteiger partial charge in [-0.1, -0.05) is 6.07 Å². The van der Waals surface area contributed by atoms with E-state index in [4.69, 9.17) is 11.0 Å². The standard InChI is InChI=1S/C13H10BrN3S/c14-10-5-7(1-2-8(10)6-15)9-3-4-11-12(9)18-13(16)17-11/h1-2,5,9H,3-4H2,(H2,16,17). The molecule has 1 aromatic carbocycles. The average Bonchev–Trinajstić information content (AvgIpc) is 2.87. The third-order valence-corrected chi connectivity index (χ3v) is 4.94. The molecule has 18 heavy (non-hydrogen) atoms. The maximum Gasteiger partial charge on any atom is 0.180 e. The molecule has 2 N–H and O–H groups in total. The number of rotatable bonds is 1. The van der Waals surface area contributed by atoms with Gasteiger partial charge in [-0.05, 0) is 46.5 Å². The molecule has 0 saturated heterocycles. The lowest BCUT2D eigenvalue weighted by Crippen LogP contribution is -1.95. The highest BCUT2D eigenvalue weighted by Gasteiger charge is 2.28. The molecule has 1 heterocycles. The van der Waals surface area contributed by atoms with Crippen molar-refractivity contribution in [3.05, 3.63) is 44.4 Å². The molecule has 0 bridgehead atoms. The van der Waals surface area contributed by atoms with Crippen molar-refractivity contribution in [2.24, 2.45) is 0 Å². The fourth-order valence-corrected chi connectivity index (χ4v) is 3.93. The Morgan fingerprint density at radius 1 is 1.50 bits per heavy atom. The number of thiazole rings is 1. The van der Waals surface area contributed by atoms with E-state index in [0.717, 1.165) is 23.0 Å². The summed E-state index contributed by atoms with van der Waals surface area (Å²) in [7, 11) is 0. The fourth-order valence-electron chi connectivity index (χ4n) is 2.40. The van der Waals surface area contributed by atoms with Crippen LogP contribution in [0.15, 0.2) is 22.7 Å². The molecule has 3 rings (SSSR count). The molecule has 0 fully saturated rings. The molecule has 1 aliphatic rings. The van der Waals surface area contributed by atoms with Crippen LogP contribution in [0.1, 0.15) is 34.0 Å². The Bertz CT molecular complexity index is 657. The van der Waals surface area contributed by atoms with Crippen molar-refractivity contribution in [3.63, 3.8) is 0 Å². The topological polar surface area (TPSA) is 62.7 Å². The molecule has 5 heteroatoms. The number of nitrogens with zero attached hydrogens (tertiary/aromatic N) is 2. The fraction of sp³-hybridized carbons (Fsp3) is 0.231. The lowest BCUT2D eigenvalue weighted by atomic mass is 9.97. The highest BCUT2D eigenvalue weighted by atomic mass is 79.9. The molecule has 2 aromatic rings. The molecule has 0 aliphatic heterocycles. The third-order valence-electron chi connectivity index (χ3n) is 3.25. The van der Waals surface area contributed by atoms with E-state index in [-0.39, 0.29) is 0 Å². The maximum atomic E-state index is 8.93. The third kappa shape index (κ3) is 1.82. The summed E-state index contributed by atoms with van der Waals surface area (Å²) in [5, 5.41) is 9.58. The zero-order valence-corrected chi connectivity index (χ0v) is 11.9. The van der Waals surface area contributed by atoms with Crippen LogP contribution in [0, 0.1) is 11.3 Å². The number of aryl methyl sites for hydroxylation is 1. The van der Waals surface area contributed by atoms with Crippen molar-refractivity contribution in [2.75, 3.05) is 5.73 Å². The number of anilines is 1. The molecule has 90 valence electrons. The first-order valence-corrected chi connectivity index (χ1v) is 7.24. The lowest BCUT2D eigenvalue weighted by molar-refractivity contribution is 0.790. The van der Waals surface area contributed by atoms with E-state index < -0.39 is 0 Å². The minimum atomic E-state index is 0.374. The molecule has 0 radical (unpaired) electrons. The molecule has 1 atom stereocenters. The number of fused-ring (bicyclic) bond motifs is 1. The van der Waals surface area contributed by atoms with E-state index in [2.05, 4.69) is 27.0 Å². The summed E-state index contributed by atoms with van der Waals surface area (Å²) in [6.45, 7) is 0. The second kappa shape index (κ2) is 4.38. The number of aromatic nitrogens is 1. The maximum absolute atomic E-state index is 8.93. The van der Waals surface area contributed by atoms with E-state index in [1.807, 2.05) is 18.2 Å². The first kappa shape index (κ1) is 11.7. The summed E-state index contributed by atoms with van der Waals surface area (Å²) in [5.41, 5.74) is 8.79. The van der Waals surface area contributed by atoms with Gasteiger partial charge in [-0.25, -0.2) is 4.98 Å². The first-order valence-electron chi connectivity index (χ1n) is 5.63. The van der Waals surface area contributed by atoms with Gasteiger partial charge in [0.2, 0.25) is 0 Å². The van der Waals surface area contributed by atoms with E-state index in [9.17, 15) is 0 Å². The van der Waals surface area contributed by atoms with E-state index in [1.54, 1.807) is 11.3 Å². The Labute approximate surface area is 117 Å². The van der Waals surface area contributed by atoms with Crippen molar-refractivity contribution in [1.29, 1.82) is 5.26 Å². The molecule has 0 amide bonds. The summed E-state index contributed by atoms with van der Waals surface area (Å²) < 4.78 is 0.855. The van der Waals surface area contributed by atoms with Crippen LogP contribution in [0.4, 0.5) is 5.13 Å². The van der Waals surface area contributed by atoms with Crippen LogP contribution in [-0.4, -0.2) is 4.98 Å². The number of nitrogen functional groups attached to an aromatic ring is 1. The van der Waals surface area contributed by atoms with Gasteiger partial charge in [-0.15, -0.1) is 11.3 Å². The highest BCUT2D eigenvalue weighted by molar-refractivity contribution is 9.10. The van der Waals surface area contributed by atoms with Gasteiger partial charge in [0.05, 0.1) is 11.3 Å². The van der Waals surface area contributed by atoms with Crippen LogP contribution in [0.25, 0.3) is 0 Å². The van der Waals surface area contributed by atoms with Crippen molar-refractivity contribution in [1.82, 2.24) is 4.98 Å².